The molecule has 2 aromatic carbocycles. The molecule has 0 bridgehead atoms. The van der Waals surface area contributed by atoms with Gasteiger partial charge in [0, 0.05) is 29.2 Å². The summed E-state index contributed by atoms with van der Waals surface area (Å²) in [4.78, 5) is 22.2. The van der Waals surface area contributed by atoms with Crippen molar-refractivity contribution in [2.75, 3.05) is 0 Å². The number of phosphoric acid groups is 1. The Labute approximate surface area is 144 Å². The van der Waals surface area contributed by atoms with E-state index in [0.29, 0.717) is 0 Å². The maximum Gasteiger partial charge on any atom is 0.653 e. The molecule has 0 radical (unpaired) electrons. The number of phosphoric ester groups is 1. The normalized spacial score (nSPS) is 10.3. The molecule has 0 spiro atoms. The molecule has 134 valence electrons. The maximum atomic E-state index is 12.5. The van der Waals surface area contributed by atoms with Crippen molar-refractivity contribution in [1.82, 2.24) is 0 Å². The summed E-state index contributed by atoms with van der Waals surface area (Å²) in [5, 5.41) is 23.9. The first-order valence-electron chi connectivity index (χ1n) is 6.54. The van der Waals surface area contributed by atoms with E-state index in [1.54, 1.807) is 0 Å². The molecule has 26 heavy (non-hydrogen) atoms. The van der Waals surface area contributed by atoms with Gasteiger partial charge in [0.2, 0.25) is 0 Å². The molecule has 0 saturated heterocycles. The summed E-state index contributed by atoms with van der Waals surface area (Å²) >= 11 is 0. The second-order valence-corrected chi connectivity index (χ2v) is 5.81. The summed E-state index contributed by atoms with van der Waals surface area (Å²) in [7, 11) is -4.52. The van der Waals surface area contributed by atoms with Gasteiger partial charge in [-0.3, -0.25) is 20.2 Å². The van der Waals surface area contributed by atoms with Crippen molar-refractivity contribution >= 4 is 19.2 Å². The zero-order chi connectivity index (χ0) is 19.2. The van der Waals surface area contributed by atoms with Gasteiger partial charge in [-0.15, -0.1) is 0 Å². The van der Waals surface area contributed by atoms with E-state index in [0.717, 1.165) is 48.5 Å². The number of nitro benzene ring substituents is 2. The smallest absolute Gasteiger partial charge is 0.386 e. The van der Waals surface area contributed by atoms with Gasteiger partial charge in [0.1, 0.15) is 16.8 Å². The number of non-ortho nitro benzene ring substituents is 2. The zero-order valence-corrected chi connectivity index (χ0v) is 13.5. The van der Waals surface area contributed by atoms with Gasteiger partial charge >= 0.3 is 7.82 Å². The fraction of sp³-hybridized carbons (Fsp3) is 0. The van der Waals surface area contributed by atoms with Crippen molar-refractivity contribution in [1.29, 1.82) is 0 Å². The van der Waals surface area contributed by atoms with Crippen molar-refractivity contribution in [2.45, 2.75) is 0 Å². The number of hydrogen-bond donors (Lipinski definition) is 0. The van der Waals surface area contributed by atoms with Crippen LogP contribution in [0, 0.1) is 20.2 Å². The number of nitro groups is 2. The Hall–Kier alpha value is -3.82. The van der Waals surface area contributed by atoms with E-state index in [1.165, 1.54) is 0 Å². The highest BCUT2D eigenvalue weighted by Crippen LogP contribution is 2.50. The number of nitrogens with zero attached hydrogens (tertiary/aromatic N) is 5. The first-order valence-corrected chi connectivity index (χ1v) is 8.00. The van der Waals surface area contributed by atoms with Crippen LogP contribution in [0.25, 0.3) is 10.4 Å². The molecule has 14 heteroatoms. The summed E-state index contributed by atoms with van der Waals surface area (Å²) in [5.74, 6) is -0.261. The molecule has 0 atom stereocenters. The number of rotatable bonds is 8. The zero-order valence-electron chi connectivity index (χ0n) is 12.6. The van der Waals surface area contributed by atoms with Gasteiger partial charge in [-0.25, -0.2) is 0 Å². The summed E-state index contributed by atoms with van der Waals surface area (Å²) < 4.78 is 27.0. The third kappa shape index (κ3) is 4.84. The molecule has 0 unspecified atom stereocenters. The van der Waals surface area contributed by atoms with Crippen LogP contribution in [0.1, 0.15) is 0 Å². The molecule has 0 N–H and O–H groups in total. The first kappa shape index (κ1) is 18.5. The second-order valence-electron chi connectivity index (χ2n) is 4.38. The minimum atomic E-state index is -4.52. The molecule has 0 aliphatic carbocycles. The minimum absolute atomic E-state index is 0.131. The Morgan fingerprint density at radius 1 is 0.885 bits per heavy atom. The molecule has 0 heterocycles. The van der Waals surface area contributed by atoms with Crippen LogP contribution < -0.4 is 9.05 Å². The number of azide groups is 1. The van der Waals surface area contributed by atoms with Crippen LogP contribution in [0.15, 0.2) is 53.8 Å². The SMILES string of the molecule is [N-]=[N+]=NOP(=O)(Oc1ccc([N+](=O)[O-])cc1)Oc1ccc([N+](=O)[O-])cc1. The Morgan fingerprint density at radius 2 is 1.27 bits per heavy atom. The van der Waals surface area contributed by atoms with Crippen LogP contribution >= 0.6 is 7.82 Å². The van der Waals surface area contributed by atoms with E-state index in [9.17, 15) is 24.8 Å². The lowest BCUT2D eigenvalue weighted by Crippen LogP contribution is -2.02. The van der Waals surface area contributed by atoms with E-state index in [1.807, 2.05) is 0 Å². The molecular weight excluding hydrogens is 373 g/mol. The highest BCUT2D eigenvalue weighted by atomic mass is 31.2. The molecule has 2 aromatic rings. The Bertz CT molecular complexity index is 847. The van der Waals surface area contributed by atoms with Gasteiger partial charge in [0.25, 0.3) is 11.4 Å². The summed E-state index contributed by atoms with van der Waals surface area (Å²) in [6.07, 6.45) is 0. The first-order chi connectivity index (χ1) is 12.3. The lowest BCUT2D eigenvalue weighted by molar-refractivity contribution is -0.385. The van der Waals surface area contributed by atoms with Crippen LogP contribution in [0.5, 0.6) is 11.5 Å². The quantitative estimate of drug-likeness (QED) is 0.162. The molecule has 0 amide bonds. The molecule has 13 nitrogen and oxygen atoms in total. The van der Waals surface area contributed by atoms with Gasteiger partial charge in [-0.1, -0.05) is 0 Å². The van der Waals surface area contributed by atoms with Crippen LogP contribution in [0.4, 0.5) is 11.4 Å². The fourth-order valence-electron chi connectivity index (χ4n) is 1.63. The average molecular weight is 381 g/mol. The van der Waals surface area contributed by atoms with Crippen molar-refractivity contribution in [3.05, 3.63) is 79.2 Å². The largest absolute Gasteiger partial charge is 0.653 e. The number of hydrogen-bond acceptors (Lipinski definition) is 9. The van der Waals surface area contributed by atoms with Crippen molar-refractivity contribution in [3.63, 3.8) is 0 Å². The molecule has 2 rings (SSSR count). The lowest BCUT2D eigenvalue weighted by Gasteiger charge is -2.16. The monoisotopic (exact) mass is 381 g/mol. The summed E-state index contributed by atoms with van der Waals surface area (Å²) in [6, 6.07) is 8.84. The predicted molar refractivity (Wildman–Crippen MR) is 85.3 cm³/mol. The topological polar surface area (TPSA) is 180 Å². The predicted octanol–water partition coefficient (Wildman–Crippen LogP) is 4.31. The van der Waals surface area contributed by atoms with Gasteiger partial charge in [-0.2, -0.15) is 4.57 Å². The van der Waals surface area contributed by atoms with Crippen LogP contribution in [0.3, 0.4) is 0 Å². The van der Waals surface area contributed by atoms with Crippen molar-refractivity contribution in [2.24, 2.45) is 5.28 Å². The molecule has 0 saturated carbocycles. The molecule has 0 fully saturated rings. The van der Waals surface area contributed by atoms with E-state index in [-0.39, 0.29) is 22.9 Å². The van der Waals surface area contributed by atoms with E-state index >= 15 is 0 Å². The van der Waals surface area contributed by atoms with E-state index in [2.05, 4.69) is 14.8 Å². The fourth-order valence-corrected chi connectivity index (χ4v) is 2.61. The van der Waals surface area contributed by atoms with Crippen LogP contribution in [0.2, 0.25) is 0 Å². The number of benzene rings is 2. The van der Waals surface area contributed by atoms with Gasteiger partial charge < -0.3 is 13.7 Å². The average Bonchev–Trinajstić information content (AvgIpc) is 2.61. The van der Waals surface area contributed by atoms with Crippen molar-refractivity contribution in [3.8, 4) is 11.5 Å². The Kier molecular flexibility index (Phi) is 5.58. The summed E-state index contributed by atoms with van der Waals surface area (Å²) in [5.41, 5.74) is 7.83. The van der Waals surface area contributed by atoms with Crippen LogP contribution in [-0.2, 0) is 9.19 Å². The van der Waals surface area contributed by atoms with E-state index in [4.69, 9.17) is 14.6 Å². The molecule has 0 aromatic heterocycles. The molecular formula is C12H8N5O8P. The highest BCUT2D eigenvalue weighted by molar-refractivity contribution is 7.49. The van der Waals surface area contributed by atoms with Gasteiger partial charge in [0.05, 0.1) is 9.85 Å². The molecule has 0 aliphatic rings. The van der Waals surface area contributed by atoms with Crippen molar-refractivity contribution < 1.29 is 28.1 Å². The van der Waals surface area contributed by atoms with Gasteiger partial charge in [-0.05, 0) is 29.8 Å². The third-order valence-corrected chi connectivity index (χ3v) is 3.84. The summed E-state index contributed by atoms with van der Waals surface area (Å²) in [6.45, 7) is 0. The van der Waals surface area contributed by atoms with Crippen LogP contribution in [-0.4, -0.2) is 9.85 Å². The molecule has 0 aliphatic heterocycles. The standard InChI is InChI=1S/C12H8N5O8P/c13-14-15-25-26(22,23-11-5-1-9(2-6-11)16(18)19)24-12-7-3-10(4-8-12)17(20)21/h1-8H. The Balaban J connectivity index is 2.23. The highest BCUT2D eigenvalue weighted by Gasteiger charge is 2.32. The third-order valence-electron chi connectivity index (χ3n) is 2.70. The lowest BCUT2D eigenvalue weighted by atomic mass is 10.3. The minimum Gasteiger partial charge on any atom is -0.386 e. The second kappa shape index (κ2) is 7.83. The van der Waals surface area contributed by atoms with Gasteiger partial charge in [0.15, 0.2) is 0 Å². The van der Waals surface area contributed by atoms with E-state index < -0.39 is 17.7 Å². The maximum absolute atomic E-state index is 12.5. The Morgan fingerprint density at radius 3 is 1.58 bits per heavy atom.